The first-order valence-corrected chi connectivity index (χ1v) is 20.9. The van der Waals surface area contributed by atoms with Crippen LogP contribution in [0, 0.1) is 0 Å². The van der Waals surface area contributed by atoms with E-state index in [1.165, 1.54) is 0 Å². The number of allylic oxidation sites excluding steroid dienone is 4. The maximum absolute atomic E-state index is 6.49. The normalized spacial score (nSPS) is 12.2. The van der Waals surface area contributed by atoms with Crippen molar-refractivity contribution in [2.75, 3.05) is 21.3 Å². The van der Waals surface area contributed by atoms with E-state index in [0.29, 0.717) is 0 Å². The number of nitrogen functional groups attached to an aromatic ring is 2. The van der Waals surface area contributed by atoms with Crippen molar-refractivity contribution in [3.05, 3.63) is 224 Å². The van der Waals surface area contributed by atoms with Gasteiger partial charge in [-0.3, -0.25) is 0 Å². The fraction of sp³-hybridized carbons (Fsp3) is 0.0357. The lowest BCUT2D eigenvalue weighted by Crippen LogP contribution is -2.11. The summed E-state index contributed by atoms with van der Waals surface area (Å²) in [5, 5.41) is 4.16. The van der Waals surface area contributed by atoms with Crippen LogP contribution in [0.2, 0.25) is 0 Å². The molecule has 0 unspecified atom stereocenters. The fourth-order valence-electron chi connectivity index (χ4n) is 8.23. The molecule has 1 aliphatic rings. The molecule has 0 heterocycles. The fourth-order valence-corrected chi connectivity index (χ4v) is 8.23. The Morgan fingerprint density at radius 2 is 0.774 bits per heavy atom. The maximum atomic E-state index is 6.49. The van der Waals surface area contributed by atoms with Gasteiger partial charge in [-0.1, -0.05) is 103 Å². The number of para-hydroxylation sites is 1. The number of anilines is 8. The number of fused-ring (bicyclic) bond motifs is 2. The van der Waals surface area contributed by atoms with Crippen LogP contribution in [-0.4, -0.2) is 0 Å². The Kier molecular flexibility index (Phi) is 10.3. The number of hydrogen-bond donors (Lipinski definition) is 2. The number of nitrogens with two attached hydrogens (primary N) is 2. The van der Waals surface area contributed by atoms with Gasteiger partial charge in [-0.25, -0.2) is 0 Å². The first-order valence-electron chi connectivity index (χ1n) is 20.9. The highest BCUT2D eigenvalue weighted by atomic mass is 16.5. The van der Waals surface area contributed by atoms with Gasteiger partial charge >= 0.3 is 0 Å². The van der Waals surface area contributed by atoms with Gasteiger partial charge in [0.1, 0.15) is 23.0 Å². The third-order valence-corrected chi connectivity index (χ3v) is 11.3. The molecule has 9 aromatic carbocycles. The predicted octanol–water partition coefficient (Wildman–Crippen LogP) is 15.2. The van der Waals surface area contributed by atoms with Crippen molar-refractivity contribution in [2.24, 2.45) is 0 Å². The summed E-state index contributed by atoms with van der Waals surface area (Å²) in [6, 6.07) is 68.6. The molecule has 0 aliphatic heterocycles. The summed E-state index contributed by atoms with van der Waals surface area (Å²) in [7, 11) is 0. The average molecular weight is 805 g/mol. The summed E-state index contributed by atoms with van der Waals surface area (Å²) in [6.07, 6.45) is 8.14. The molecule has 0 saturated heterocycles. The van der Waals surface area contributed by atoms with Crippen LogP contribution in [0.5, 0.6) is 17.2 Å². The summed E-state index contributed by atoms with van der Waals surface area (Å²) in [6.45, 7) is 0. The molecule has 6 nitrogen and oxygen atoms in total. The zero-order valence-electron chi connectivity index (χ0n) is 34.1. The summed E-state index contributed by atoms with van der Waals surface area (Å²) in [5.41, 5.74) is 22.8. The standard InChI is InChI=1S/C56H44N4O2/c57-53-35-37-55(51-17-9-7-15-49(51)53)59(43-27-31-47(32-28-43)61-45-11-3-1-4-12-45)41-23-19-39(20-24-41)40-21-25-42(26-22-40)60(56-38-36-54(58)50-16-8-10-18-52(50)56)44-29-33-48(34-30-44)62-46-13-5-2-6-14-46/h1-5,7-13,15-38H,6,14,57-58H2. The van der Waals surface area contributed by atoms with Gasteiger partial charge in [0.15, 0.2) is 0 Å². The van der Waals surface area contributed by atoms with Crippen LogP contribution in [0.25, 0.3) is 32.7 Å². The van der Waals surface area contributed by atoms with Crippen LogP contribution >= 0.6 is 0 Å². The zero-order chi connectivity index (χ0) is 41.8. The second-order valence-corrected chi connectivity index (χ2v) is 15.3. The van der Waals surface area contributed by atoms with Gasteiger partial charge in [0, 0.05) is 62.1 Å². The van der Waals surface area contributed by atoms with E-state index in [4.69, 9.17) is 20.9 Å². The quantitative estimate of drug-likeness (QED) is 0.127. The second kappa shape index (κ2) is 16.8. The Hall–Kier alpha value is -8.22. The van der Waals surface area contributed by atoms with Crippen LogP contribution in [-0.2, 0) is 0 Å². The summed E-state index contributed by atoms with van der Waals surface area (Å²) in [5.74, 6) is 3.34. The molecule has 0 fully saturated rings. The molecule has 0 bridgehead atoms. The molecule has 1 aliphatic carbocycles. The zero-order valence-corrected chi connectivity index (χ0v) is 34.1. The molecule has 4 N–H and O–H groups in total. The molecule has 9 aromatic rings. The molecule has 0 radical (unpaired) electrons. The van der Waals surface area contributed by atoms with Gasteiger partial charge in [0.2, 0.25) is 0 Å². The average Bonchev–Trinajstić information content (AvgIpc) is 3.33. The predicted molar refractivity (Wildman–Crippen MR) is 259 cm³/mol. The molecular formula is C56H44N4O2. The lowest BCUT2D eigenvalue weighted by Gasteiger charge is -2.28. The van der Waals surface area contributed by atoms with E-state index in [1.54, 1.807) is 0 Å². The van der Waals surface area contributed by atoms with Gasteiger partial charge < -0.3 is 30.7 Å². The summed E-state index contributed by atoms with van der Waals surface area (Å²) in [4.78, 5) is 4.56. The first-order chi connectivity index (χ1) is 30.6. The molecule has 0 atom stereocenters. The molecule has 62 heavy (non-hydrogen) atoms. The van der Waals surface area contributed by atoms with E-state index in [0.717, 1.165) is 114 Å². The van der Waals surface area contributed by atoms with Crippen molar-refractivity contribution in [1.29, 1.82) is 0 Å². The third-order valence-electron chi connectivity index (χ3n) is 11.3. The number of hydrogen-bond acceptors (Lipinski definition) is 6. The Morgan fingerprint density at radius 3 is 1.23 bits per heavy atom. The number of nitrogens with zero attached hydrogens (tertiary/aromatic N) is 2. The first kappa shape index (κ1) is 38.0. The largest absolute Gasteiger partial charge is 0.462 e. The molecule has 0 amide bonds. The lowest BCUT2D eigenvalue weighted by molar-refractivity contribution is 0.403. The van der Waals surface area contributed by atoms with Crippen molar-refractivity contribution in [2.45, 2.75) is 12.8 Å². The molecule has 0 spiro atoms. The van der Waals surface area contributed by atoms with Crippen LogP contribution in [0.3, 0.4) is 0 Å². The van der Waals surface area contributed by atoms with Gasteiger partial charge in [0.05, 0.1) is 11.4 Å². The van der Waals surface area contributed by atoms with Crippen LogP contribution < -0.4 is 30.7 Å². The van der Waals surface area contributed by atoms with Crippen LogP contribution in [0.15, 0.2) is 224 Å². The molecular weight excluding hydrogens is 761 g/mol. The van der Waals surface area contributed by atoms with Crippen molar-refractivity contribution in [3.8, 4) is 28.4 Å². The Morgan fingerprint density at radius 1 is 0.371 bits per heavy atom. The van der Waals surface area contributed by atoms with Crippen molar-refractivity contribution < 1.29 is 9.47 Å². The van der Waals surface area contributed by atoms with Crippen molar-refractivity contribution in [1.82, 2.24) is 0 Å². The Labute approximate surface area is 361 Å². The van der Waals surface area contributed by atoms with E-state index in [-0.39, 0.29) is 0 Å². The number of ether oxygens (including phenoxy) is 2. The highest BCUT2D eigenvalue weighted by Gasteiger charge is 2.19. The van der Waals surface area contributed by atoms with E-state index in [9.17, 15) is 0 Å². The molecule has 0 saturated carbocycles. The smallest absolute Gasteiger partial charge is 0.127 e. The highest BCUT2D eigenvalue weighted by Crippen LogP contribution is 2.44. The van der Waals surface area contributed by atoms with E-state index >= 15 is 0 Å². The second-order valence-electron chi connectivity index (χ2n) is 15.3. The minimum absolute atomic E-state index is 0.745. The Bertz CT molecular complexity index is 3070. The van der Waals surface area contributed by atoms with E-state index in [2.05, 4.69) is 143 Å². The number of benzene rings is 9. The van der Waals surface area contributed by atoms with Gasteiger partial charge in [-0.2, -0.15) is 0 Å². The molecule has 300 valence electrons. The van der Waals surface area contributed by atoms with Crippen LogP contribution in [0.1, 0.15) is 12.8 Å². The highest BCUT2D eigenvalue weighted by molar-refractivity contribution is 6.05. The molecule has 10 rings (SSSR count). The monoisotopic (exact) mass is 804 g/mol. The van der Waals surface area contributed by atoms with Gasteiger partial charge in [-0.05, 0) is 133 Å². The SMILES string of the molecule is Nc1ccc(N(c2ccc(OC3=CC=CCC3)cc2)c2ccc(-c3ccc(N(c4ccc(Oc5ccccc5)cc4)c4ccc(N)c5ccccc45)cc3)cc2)c2ccccc12. The lowest BCUT2D eigenvalue weighted by atomic mass is 10.0. The maximum Gasteiger partial charge on any atom is 0.127 e. The third kappa shape index (κ3) is 7.69. The summed E-state index contributed by atoms with van der Waals surface area (Å²) < 4.78 is 12.4. The topological polar surface area (TPSA) is 77.0 Å². The van der Waals surface area contributed by atoms with E-state index in [1.807, 2.05) is 84.9 Å². The van der Waals surface area contributed by atoms with Crippen LogP contribution in [0.4, 0.5) is 45.5 Å². The number of rotatable bonds is 11. The van der Waals surface area contributed by atoms with E-state index < -0.39 is 0 Å². The van der Waals surface area contributed by atoms with Gasteiger partial charge in [0.25, 0.3) is 0 Å². The summed E-state index contributed by atoms with van der Waals surface area (Å²) >= 11 is 0. The molecule has 0 aromatic heterocycles. The minimum Gasteiger partial charge on any atom is -0.462 e. The Balaban J connectivity index is 0.986. The van der Waals surface area contributed by atoms with Crippen molar-refractivity contribution >= 4 is 67.0 Å². The molecule has 6 heteroatoms. The van der Waals surface area contributed by atoms with Crippen molar-refractivity contribution in [3.63, 3.8) is 0 Å². The van der Waals surface area contributed by atoms with Gasteiger partial charge in [-0.15, -0.1) is 0 Å². The minimum atomic E-state index is 0.745.